The van der Waals surface area contributed by atoms with E-state index in [1.165, 1.54) is 18.9 Å². The third-order valence-electron chi connectivity index (χ3n) is 2.71. The van der Waals surface area contributed by atoms with Gasteiger partial charge in [-0.15, -0.1) is 0 Å². The van der Waals surface area contributed by atoms with E-state index in [4.69, 9.17) is 0 Å². The lowest BCUT2D eigenvalue weighted by atomic mass is 10.2. The number of rotatable bonds is 5. The van der Waals surface area contributed by atoms with Gasteiger partial charge in [0.05, 0.1) is 12.5 Å². The van der Waals surface area contributed by atoms with Gasteiger partial charge in [-0.25, -0.2) is 18.1 Å². The zero-order valence-electron chi connectivity index (χ0n) is 8.94. The highest BCUT2D eigenvalue weighted by Gasteiger charge is 2.17. The SMILES string of the molecule is O=S(=O)(NCCC1CCCN1)c1cnc[nH]1. The molecule has 0 spiro atoms. The third kappa shape index (κ3) is 2.81. The van der Waals surface area contributed by atoms with Gasteiger partial charge >= 0.3 is 0 Å². The van der Waals surface area contributed by atoms with Crippen molar-refractivity contribution in [3.63, 3.8) is 0 Å². The van der Waals surface area contributed by atoms with Gasteiger partial charge < -0.3 is 10.3 Å². The second-order valence-corrected chi connectivity index (χ2v) is 5.63. The Kier molecular flexibility index (Phi) is 3.57. The number of hydrogen-bond acceptors (Lipinski definition) is 4. The van der Waals surface area contributed by atoms with Gasteiger partial charge in [0.15, 0.2) is 5.03 Å². The van der Waals surface area contributed by atoms with Gasteiger partial charge in [-0.1, -0.05) is 0 Å². The zero-order chi connectivity index (χ0) is 11.4. The van der Waals surface area contributed by atoms with Gasteiger partial charge in [0, 0.05) is 12.6 Å². The Hall–Kier alpha value is -0.920. The Bertz CT molecular complexity index is 409. The number of nitrogens with zero attached hydrogens (tertiary/aromatic N) is 1. The van der Waals surface area contributed by atoms with Gasteiger partial charge in [0.25, 0.3) is 10.0 Å². The molecule has 1 aliphatic heterocycles. The fourth-order valence-electron chi connectivity index (χ4n) is 1.84. The van der Waals surface area contributed by atoms with Crippen molar-refractivity contribution in [3.05, 3.63) is 12.5 Å². The molecule has 1 aromatic heterocycles. The van der Waals surface area contributed by atoms with Crippen molar-refractivity contribution < 1.29 is 8.42 Å². The number of aromatic amines is 1. The molecule has 3 N–H and O–H groups in total. The number of aromatic nitrogens is 2. The molecule has 0 amide bonds. The lowest BCUT2D eigenvalue weighted by molar-refractivity contribution is 0.538. The van der Waals surface area contributed by atoms with Crippen LogP contribution in [0.3, 0.4) is 0 Å². The lowest BCUT2D eigenvalue weighted by Crippen LogP contribution is -2.30. The van der Waals surface area contributed by atoms with E-state index in [1.807, 2.05) is 0 Å². The van der Waals surface area contributed by atoms with Crippen LogP contribution in [0.4, 0.5) is 0 Å². The quantitative estimate of drug-likeness (QED) is 0.671. The molecule has 1 atom stereocenters. The smallest absolute Gasteiger partial charge is 0.257 e. The topological polar surface area (TPSA) is 86.9 Å². The third-order valence-corrected chi connectivity index (χ3v) is 4.10. The summed E-state index contributed by atoms with van der Waals surface area (Å²) in [5.74, 6) is 0. The molecular formula is C9H16N4O2S. The summed E-state index contributed by atoms with van der Waals surface area (Å²) in [7, 11) is -3.40. The molecule has 16 heavy (non-hydrogen) atoms. The number of sulfonamides is 1. The van der Waals surface area contributed by atoms with Crippen LogP contribution in [0, 0.1) is 0 Å². The Labute approximate surface area is 94.9 Å². The van der Waals surface area contributed by atoms with Crippen molar-refractivity contribution >= 4 is 10.0 Å². The minimum Gasteiger partial charge on any atom is -0.335 e. The summed E-state index contributed by atoms with van der Waals surface area (Å²) in [6.45, 7) is 1.50. The summed E-state index contributed by atoms with van der Waals surface area (Å²) >= 11 is 0. The second kappa shape index (κ2) is 4.94. The molecule has 0 aliphatic carbocycles. The van der Waals surface area contributed by atoms with Gasteiger partial charge in [0.1, 0.15) is 0 Å². The number of H-pyrrole nitrogens is 1. The van der Waals surface area contributed by atoms with E-state index in [2.05, 4.69) is 20.0 Å². The summed E-state index contributed by atoms with van der Waals surface area (Å²) < 4.78 is 25.9. The minimum absolute atomic E-state index is 0.117. The van der Waals surface area contributed by atoms with E-state index in [0.717, 1.165) is 19.4 Å². The van der Waals surface area contributed by atoms with E-state index in [-0.39, 0.29) is 5.03 Å². The maximum atomic E-state index is 11.7. The molecule has 1 aromatic rings. The van der Waals surface area contributed by atoms with Crippen LogP contribution < -0.4 is 10.0 Å². The molecule has 2 rings (SSSR count). The Morgan fingerprint density at radius 2 is 2.44 bits per heavy atom. The highest BCUT2D eigenvalue weighted by Crippen LogP contribution is 2.08. The summed E-state index contributed by atoms with van der Waals surface area (Å²) in [5.41, 5.74) is 0. The minimum atomic E-state index is -3.40. The van der Waals surface area contributed by atoms with Gasteiger partial charge in [0.2, 0.25) is 0 Å². The highest BCUT2D eigenvalue weighted by molar-refractivity contribution is 7.89. The van der Waals surface area contributed by atoms with E-state index in [0.29, 0.717) is 12.6 Å². The molecule has 6 nitrogen and oxygen atoms in total. The molecule has 0 radical (unpaired) electrons. The summed E-state index contributed by atoms with van der Waals surface area (Å²) in [6.07, 6.45) is 5.79. The molecule has 0 bridgehead atoms. The average Bonchev–Trinajstić information content (AvgIpc) is 2.90. The first-order chi connectivity index (χ1) is 7.68. The Morgan fingerprint density at radius 1 is 1.56 bits per heavy atom. The molecule has 2 heterocycles. The van der Waals surface area contributed by atoms with E-state index >= 15 is 0 Å². The number of nitrogens with one attached hydrogen (secondary N) is 3. The van der Waals surface area contributed by atoms with Crippen molar-refractivity contribution in [1.82, 2.24) is 20.0 Å². The molecule has 1 saturated heterocycles. The second-order valence-electron chi connectivity index (χ2n) is 3.90. The maximum Gasteiger partial charge on any atom is 0.257 e. The Balaban J connectivity index is 1.81. The van der Waals surface area contributed by atoms with Crippen molar-refractivity contribution in [1.29, 1.82) is 0 Å². The molecule has 1 unspecified atom stereocenters. The van der Waals surface area contributed by atoms with Crippen molar-refractivity contribution in [3.8, 4) is 0 Å². The number of hydrogen-bond donors (Lipinski definition) is 3. The van der Waals surface area contributed by atoms with E-state index in [1.54, 1.807) is 0 Å². The van der Waals surface area contributed by atoms with Crippen LogP contribution in [-0.4, -0.2) is 37.5 Å². The highest BCUT2D eigenvalue weighted by atomic mass is 32.2. The van der Waals surface area contributed by atoms with E-state index < -0.39 is 10.0 Å². The van der Waals surface area contributed by atoms with Crippen LogP contribution in [0.2, 0.25) is 0 Å². The molecule has 7 heteroatoms. The monoisotopic (exact) mass is 244 g/mol. The van der Waals surface area contributed by atoms with E-state index in [9.17, 15) is 8.42 Å². The van der Waals surface area contributed by atoms with Crippen LogP contribution in [0.25, 0.3) is 0 Å². The largest absolute Gasteiger partial charge is 0.335 e. The van der Waals surface area contributed by atoms with Crippen LogP contribution in [0.1, 0.15) is 19.3 Å². The molecule has 0 aromatic carbocycles. The first-order valence-electron chi connectivity index (χ1n) is 5.40. The normalized spacial score (nSPS) is 21.4. The fraction of sp³-hybridized carbons (Fsp3) is 0.667. The average molecular weight is 244 g/mol. The first kappa shape index (κ1) is 11.6. The molecule has 90 valence electrons. The van der Waals surface area contributed by atoms with Gasteiger partial charge in [-0.05, 0) is 25.8 Å². The Morgan fingerprint density at radius 3 is 3.06 bits per heavy atom. The number of imidazole rings is 1. The zero-order valence-corrected chi connectivity index (χ0v) is 9.76. The van der Waals surface area contributed by atoms with Crippen molar-refractivity contribution in [2.24, 2.45) is 0 Å². The summed E-state index contributed by atoms with van der Waals surface area (Å²) in [6, 6.07) is 0.449. The molecule has 1 fully saturated rings. The van der Waals surface area contributed by atoms with Crippen molar-refractivity contribution in [2.45, 2.75) is 30.3 Å². The molecule has 1 aliphatic rings. The predicted molar refractivity (Wildman–Crippen MR) is 59.4 cm³/mol. The molecule has 0 saturated carbocycles. The van der Waals surface area contributed by atoms with Gasteiger partial charge in [-0.3, -0.25) is 0 Å². The standard InChI is InChI=1S/C9H16N4O2S/c14-16(15,9-6-10-7-12-9)13-5-3-8-2-1-4-11-8/h6-8,11,13H,1-5H2,(H,10,12). The van der Waals surface area contributed by atoms with Crippen LogP contribution >= 0.6 is 0 Å². The fourth-order valence-corrected chi connectivity index (χ4v) is 2.79. The maximum absolute atomic E-state index is 11.7. The van der Waals surface area contributed by atoms with Crippen LogP contribution in [0.15, 0.2) is 17.6 Å². The van der Waals surface area contributed by atoms with Crippen LogP contribution in [-0.2, 0) is 10.0 Å². The predicted octanol–water partition coefficient (Wildman–Crippen LogP) is -0.170. The van der Waals surface area contributed by atoms with Gasteiger partial charge in [-0.2, -0.15) is 0 Å². The lowest BCUT2D eigenvalue weighted by Gasteiger charge is -2.10. The summed E-state index contributed by atoms with van der Waals surface area (Å²) in [4.78, 5) is 6.27. The molecular weight excluding hydrogens is 228 g/mol. The first-order valence-corrected chi connectivity index (χ1v) is 6.88. The van der Waals surface area contributed by atoms with Crippen molar-refractivity contribution in [2.75, 3.05) is 13.1 Å². The summed E-state index contributed by atoms with van der Waals surface area (Å²) in [5, 5.41) is 3.44. The van der Waals surface area contributed by atoms with Crippen LogP contribution in [0.5, 0.6) is 0 Å².